The first-order chi connectivity index (χ1) is 12.8. The summed E-state index contributed by atoms with van der Waals surface area (Å²) in [5.41, 5.74) is 4.41. The van der Waals surface area contributed by atoms with Crippen LogP contribution in [0.1, 0.15) is 25.7 Å². The molecule has 132 valence electrons. The molecule has 0 bridgehead atoms. The van der Waals surface area contributed by atoms with Crippen LogP contribution >= 0.6 is 11.3 Å². The minimum atomic E-state index is -0.299. The van der Waals surface area contributed by atoms with Crippen LogP contribution in [-0.4, -0.2) is 13.1 Å². The zero-order valence-corrected chi connectivity index (χ0v) is 15.3. The zero-order valence-electron chi connectivity index (χ0n) is 14.5. The molecule has 0 saturated heterocycles. The molecule has 1 aromatic heterocycles. The summed E-state index contributed by atoms with van der Waals surface area (Å²) in [5, 5.41) is 3.43. The summed E-state index contributed by atoms with van der Waals surface area (Å²) in [7, 11) is 1.41. The Balaban J connectivity index is 1.73. The van der Waals surface area contributed by atoms with Crippen molar-refractivity contribution < 1.29 is 14.3 Å². The van der Waals surface area contributed by atoms with Crippen LogP contribution in [0.2, 0.25) is 0 Å². The summed E-state index contributed by atoms with van der Waals surface area (Å²) >= 11 is 1.48. The number of ether oxygens (including phenoxy) is 2. The Kier molecular flexibility index (Phi) is 4.73. The molecule has 1 aliphatic rings. The van der Waals surface area contributed by atoms with Gasteiger partial charge in [-0.05, 0) is 23.3 Å². The van der Waals surface area contributed by atoms with E-state index in [1.807, 2.05) is 36.4 Å². The van der Waals surface area contributed by atoms with Gasteiger partial charge in [-0.3, -0.25) is 0 Å². The van der Waals surface area contributed by atoms with Crippen LogP contribution in [0.25, 0.3) is 11.1 Å². The summed E-state index contributed by atoms with van der Waals surface area (Å²) in [6.07, 6.45) is 0. The van der Waals surface area contributed by atoms with E-state index >= 15 is 0 Å². The average Bonchev–Trinajstić information content (AvgIpc) is 3.02. The number of benzene rings is 2. The van der Waals surface area contributed by atoms with Gasteiger partial charge in [-0.2, -0.15) is 0 Å². The molecule has 3 aromatic rings. The van der Waals surface area contributed by atoms with Crippen molar-refractivity contribution in [3.8, 4) is 16.9 Å². The first-order valence-corrected chi connectivity index (χ1v) is 9.28. The third-order valence-corrected chi connectivity index (χ3v) is 5.53. The van der Waals surface area contributed by atoms with Gasteiger partial charge in [-0.15, -0.1) is 11.3 Å². The van der Waals surface area contributed by atoms with E-state index in [0.717, 1.165) is 40.4 Å². The lowest BCUT2D eigenvalue weighted by molar-refractivity contribution is 0.0606. The van der Waals surface area contributed by atoms with E-state index in [-0.39, 0.29) is 5.97 Å². The summed E-state index contributed by atoms with van der Waals surface area (Å²) in [6, 6.07) is 18.1. The van der Waals surface area contributed by atoms with Crippen molar-refractivity contribution >= 4 is 17.3 Å². The molecule has 4 rings (SSSR count). The lowest BCUT2D eigenvalue weighted by atomic mass is 9.99. The predicted octanol–water partition coefficient (Wildman–Crippen LogP) is 4.38. The quantitative estimate of drug-likeness (QED) is 0.697. The van der Waals surface area contributed by atoms with Crippen molar-refractivity contribution in [3.63, 3.8) is 0 Å². The largest absolute Gasteiger partial charge is 0.488 e. The number of hydrogen-bond donors (Lipinski definition) is 1. The number of carbonyl (C=O) groups excluding carboxylic acids is 1. The Morgan fingerprint density at radius 1 is 1.12 bits per heavy atom. The fourth-order valence-corrected chi connectivity index (χ4v) is 4.22. The number of methoxy groups -OCH3 is 1. The molecule has 0 amide bonds. The lowest BCUT2D eigenvalue weighted by Gasteiger charge is -2.14. The van der Waals surface area contributed by atoms with E-state index in [0.29, 0.717) is 11.5 Å². The Morgan fingerprint density at radius 2 is 1.96 bits per heavy atom. The number of rotatable bonds is 4. The maximum Gasteiger partial charge on any atom is 0.348 e. The molecule has 0 spiro atoms. The van der Waals surface area contributed by atoms with E-state index in [9.17, 15) is 4.79 Å². The van der Waals surface area contributed by atoms with E-state index in [2.05, 4.69) is 23.5 Å². The molecule has 0 fully saturated rings. The Hall–Kier alpha value is -2.63. The summed E-state index contributed by atoms with van der Waals surface area (Å²) in [5.74, 6) is 0.540. The molecule has 5 heteroatoms. The van der Waals surface area contributed by atoms with Crippen LogP contribution in [0.3, 0.4) is 0 Å². The van der Waals surface area contributed by atoms with Crippen molar-refractivity contribution in [3.05, 3.63) is 75.5 Å². The molecule has 26 heavy (non-hydrogen) atoms. The summed E-state index contributed by atoms with van der Waals surface area (Å²) < 4.78 is 11.0. The maximum absolute atomic E-state index is 12.0. The van der Waals surface area contributed by atoms with Gasteiger partial charge in [0.05, 0.1) is 7.11 Å². The normalized spacial score (nSPS) is 12.7. The fraction of sp³-hybridized carbons (Fsp3) is 0.190. The molecular weight excluding hydrogens is 346 g/mol. The first-order valence-electron chi connectivity index (χ1n) is 8.47. The number of fused-ring (bicyclic) bond motifs is 3. The van der Waals surface area contributed by atoms with E-state index in [1.54, 1.807) is 0 Å². The number of esters is 1. The van der Waals surface area contributed by atoms with Gasteiger partial charge in [0.15, 0.2) is 0 Å². The van der Waals surface area contributed by atoms with Crippen LogP contribution in [-0.2, 0) is 24.4 Å². The van der Waals surface area contributed by atoms with Gasteiger partial charge in [0.25, 0.3) is 0 Å². The van der Waals surface area contributed by atoms with Gasteiger partial charge in [0.2, 0.25) is 0 Å². The number of hydrogen-bond acceptors (Lipinski definition) is 5. The molecule has 4 nitrogen and oxygen atoms in total. The predicted molar refractivity (Wildman–Crippen MR) is 102 cm³/mol. The second kappa shape index (κ2) is 7.32. The molecule has 0 aliphatic carbocycles. The highest BCUT2D eigenvalue weighted by atomic mass is 32.1. The molecule has 1 aliphatic heterocycles. The molecule has 1 N–H and O–H groups in total. The van der Waals surface area contributed by atoms with Gasteiger partial charge in [-0.25, -0.2) is 4.79 Å². The van der Waals surface area contributed by atoms with Gasteiger partial charge < -0.3 is 14.8 Å². The monoisotopic (exact) mass is 365 g/mol. The second-order valence-corrected chi connectivity index (χ2v) is 7.24. The summed E-state index contributed by atoms with van der Waals surface area (Å²) in [6.45, 7) is 2.00. The topological polar surface area (TPSA) is 47.6 Å². The maximum atomic E-state index is 12.0. The van der Waals surface area contributed by atoms with Gasteiger partial charge >= 0.3 is 5.97 Å². The van der Waals surface area contributed by atoms with Crippen molar-refractivity contribution in [2.45, 2.75) is 19.7 Å². The minimum Gasteiger partial charge on any atom is -0.488 e. The van der Waals surface area contributed by atoms with Gasteiger partial charge in [-0.1, -0.05) is 42.5 Å². The smallest absolute Gasteiger partial charge is 0.348 e. The average molecular weight is 365 g/mol. The third kappa shape index (κ3) is 3.23. The first kappa shape index (κ1) is 16.8. The molecule has 0 unspecified atom stereocenters. The van der Waals surface area contributed by atoms with Crippen LogP contribution in [0.5, 0.6) is 5.75 Å². The minimum absolute atomic E-state index is 0.299. The highest BCUT2D eigenvalue weighted by Gasteiger charge is 2.23. The number of nitrogens with one attached hydrogen (secondary N) is 1. The highest BCUT2D eigenvalue weighted by molar-refractivity contribution is 7.14. The Labute approximate surface area is 156 Å². The molecule has 0 saturated carbocycles. The van der Waals surface area contributed by atoms with Crippen LogP contribution in [0, 0.1) is 0 Å². The SMILES string of the molecule is COC(=O)c1cc2c(s1)CNCc1cccc(OCc3ccccc3)c1-2. The number of thiophene rings is 1. The zero-order chi connectivity index (χ0) is 17.9. The van der Waals surface area contributed by atoms with Crippen LogP contribution < -0.4 is 10.1 Å². The summed E-state index contributed by atoms with van der Waals surface area (Å²) in [4.78, 5) is 13.7. The standard InChI is InChI=1S/C21H19NO3S/c1-24-21(23)18-10-16-19(26-18)12-22-11-15-8-5-9-17(20(15)16)25-13-14-6-3-2-4-7-14/h2-10,22H,11-13H2,1H3. The van der Waals surface area contributed by atoms with Gasteiger partial charge in [0, 0.05) is 29.1 Å². The molecule has 2 heterocycles. The third-order valence-electron chi connectivity index (χ3n) is 4.42. The Morgan fingerprint density at radius 3 is 2.77 bits per heavy atom. The van der Waals surface area contributed by atoms with Crippen molar-refractivity contribution in [1.29, 1.82) is 0 Å². The molecule has 0 atom stereocenters. The molecular formula is C21H19NO3S. The Bertz CT molecular complexity index is 934. The van der Waals surface area contributed by atoms with Crippen molar-refractivity contribution in [2.24, 2.45) is 0 Å². The van der Waals surface area contributed by atoms with E-state index < -0.39 is 0 Å². The lowest BCUT2D eigenvalue weighted by Crippen LogP contribution is -2.10. The van der Waals surface area contributed by atoms with E-state index in [4.69, 9.17) is 9.47 Å². The highest BCUT2D eigenvalue weighted by Crippen LogP contribution is 2.41. The van der Waals surface area contributed by atoms with Crippen molar-refractivity contribution in [1.82, 2.24) is 5.32 Å². The fourth-order valence-electron chi connectivity index (χ4n) is 3.17. The number of carbonyl (C=O) groups is 1. The van der Waals surface area contributed by atoms with Crippen LogP contribution in [0.15, 0.2) is 54.6 Å². The van der Waals surface area contributed by atoms with E-state index in [1.165, 1.54) is 24.0 Å². The van der Waals surface area contributed by atoms with Crippen LogP contribution in [0.4, 0.5) is 0 Å². The molecule has 2 aromatic carbocycles. The second-order valence-electron chi connectivity index (χ2n) is 6.11. The molecule has 0 radical (unpaired) electrons. The van der Waals surface area contributed by atoms with Gasteiger partial charge in [0.1, 0.15) is 17.2 Å². The van der Waals surface area contributed by atoms with Crippen molar-refractivity contribution in [2.75, 3.05) is 7.11 Å².